The first-order valence-electron chi connectivity index (χ1n) is 7.91. The molecule has 2 saturated carbocycles. The average Bonchev–Trinajstić information content (AvgIpc) is 3.32. The predicted molar refractivity (Wildman–Crippen MR) is 79.9 cm³/mol. The zero-order chi connectivity index (χ0) is 13.9. The predicted octanol–water partition coefficient (Wildman–Crippen LogP) is 2.99. The number of aliphatic hydroxyl groups is 1. The molecule has 1 N–H and O–H groups in total. The van der Waals surface area contributed by atoms with E-state index in [-0.39, 0.29) is 0 Å². The largest absolute Gasteiger partial charge is 0.493 e. The Balaban J connectivity index is 1.65. The van der Waals surface area contributed by atoms with Gasteiger partial charge in [-0.05, 0) is 44.6 Å². The summed E-state index contributed by atoms with van der Waals surface area (Å²) >= 11 is 0. The zero-order valence-electron chi connectivity index (χ0n) is 12.3. The average molecular weight is 275 g/mol. The highest BCUT2D eigenvalue weighted by atomic mass is 16.5. The Morgan fingerprint density at radius 2 is 2.00 bits per heavy atom. The van der Waals surface area contributed by atoms with E-state index in [1.807, 2.05) is 31.2 Å². The molecule has 3 nitrogen and oxygen atoms in total. The van der Waals surface area contributed by atoms with Crippen molar-refractivity contribution in [1.82, 2.24) is 4.90 Å². The third-order valence-electron chi connectivity index (χ3n) is 4.24. The van der Waals surface area contributed by atoms with E-state index in [1.54, 1.807) is 0 Å². The molecule has 1 aromatic rings. The molecule has 2 aliphatic rings. The molecular weight excluding hydrogens is 250 g/mol. The number of para-hydroxylation sites is 1. The molecule has 0 spiro atoms. The number of aliphatic hydroxyl groups excluding tert-OH is 1. The van der Waals surface area contributed by atoms with Crippen LogP contribution in [0.5, 0.6) is 5.75 Å². The van der Waals surface area contributed by atoms with Gasteiger partial charge in [0.25, 0.3) is 0 Å². The van der Waals surface area contributed by atoms with Crippen molar-refractivity contribution in [2.75, 3.05) is 19.7 Å². The fourth-order valence-corrected chi connectivity index (χ4v) is 2.81. The first kappa shape index (κ1) is 13.9. The molecule has 0 aliphatic heterocycles. The van der Waals surface area contributed by atoms with Crippen LogP contribution in [0.1, 0.15) is 44.3 Å². The third kappa shape index (κ3) is 3.53. The molecule has 2 fully saturated rings. The second-order valence-corrected chi connectivity index (χ2v) is 6.12. The number of rotatable bonds is 8. The van der Waals surface area contributed by atoms with E-state index in [0.717, 1.165) is 23.8 Å². The molecule has 1 aromatic carbocycles. The molecule has 2 aliphatic carbocycles. The summed E-state index contributed by atoms with van der Waals surface area (Å²) in [7, 11) is 0. The molecule has 0 aromatic heterocycles. The van der Waals surface area contributed by atoms with E-state index in [1.165, 1.54) is 32.2 Å². The van der Waals surface area contributed by atoms with Gasteiger partial charge in [0.15, 0.2) is 0 Å². The molecule has 110 valence electrons. The van der Waals surface area contributed by atoms with Crippen LogP contribution in [-0.4, -0.2) is 35.7 Å². The van der Waals surface area contributed by atoms with Crippen molar-refractivity contribution in [2.24, 2.45) is 5.92 Å². The molecule has 1 unspecified atom stereocenters. The highest BCUT2D eigenvalue weighted by molar-refractivity contribution is 5.35. The second-order valence-electron chi connectivity index (χ2n) is 6.12. The summed E-state index contributed by atoms with van der Waals surface area (Å²) in [6, 6.07) is 8.58. The molecule has 0 amide bonds. The number of benzene rings is 1. The van der Waals surface area contributed by atoms with Crippen LogP contribution in [0.25, 0.3) is 0 Å². The van der Waals surface area contributed by atoms with Gasteiger partial charge in [0.2, 0.25) is 0 Å². The number of ether oxygens (including phenoxy) is 1. The minimum absolute atomic E-state index is 0.447. The fraction of sp³-hybridized carbons (Fsp3) is 0.647. The summed E-state index contributed by atoms with van der Waals surface area (Å²) in [6.07, 6.45) is 4.89. The minimum atomic E-state index is -0.447. The lowest BCUT2D eigenvalue weighted by molar-refractivity contribution is 0.103. The lowest BCUT2D eigenvalue weighted by atomic mass is 10.1. The summed E-state index contributed by atoms with van der Waals surface area (Å²) in [4.78, 5) is 2.49. The van der Waals surface area contributed by atoms with Crippen molar-refractivity contribution in [2.45, 2.75) is 44.8 Å². The minimum Gasteiger partial charge on any atom is -0.493 e. The Morgan fingerprint density at radius 3 is 2.65 bits per heavy atom. The van der Waals surface area contributed by atoms with Crippen molar-refractivity contribution in [3.05, 3.63) is 29.8 Å². The van der Waals surface area contributed by atoms with Gasteiger partial charge in [-0.3, -0.25) is 4.90 Å². The van der Waals surface area contributed by atoms with Gasteiger partial charge < -0.3 is 9.84 Å². The summed E-state index contributed by atoms with van der Waals surface area (Å²) in [5, 5.41) is 10.6. The molecule has 3 rings (SSSR count). The van der Waals surface area contributed by atoms with Crippen LogP contribution in [0.3, 0.4) is 0 Å². The molecule has 0 radical (unpaired) electrons. The zero-order valence-corrected chi connectivity index (χ0v) is 12.3. The fourth-order valence-electron chi connectivity index (χ4n) is 2.81. The summed E-state index contributed by atoms with van der Waals surface area (Å²) < 4.78 is 5.63. The molecule has 20 heavy (non-hydrogen) atoms. The van der Waals surface area contributed by atoms with Gasteiger partial charge in [-0.1, -0.05) is 18.2 Å². The first-order valence-corrected chi connectivity index (χ1v) is 7.91. The van der Waals surface area contributed by atoms with Gasteiger partial charge in [0.1, 0.15) is 5.75 Å². The number of hydrogen-bond donors (Lipinski definition) is 1. The van der Waals surface area contributed by atoms with Gasteiger partial charge in [-0.2, -0.15) is 0 Å². The topological polar surface area (TPSA) is 32.7 Å². The summed E-state index contributed by atoms with van der Waals surface area (Å²) in [5.41, 5.74) is 0.927. The van der Waals surface area contributed by atoms with Crippen molar-refractivity contribution >= 4 is 0 Å². The highest BCUT2D eigenvalue weighted by Crippen LogP contribution is 2.36. The van der Waals surface area contributed by atoms with Crippen molar-refractivity contribution < 1.29 is 9.84 Å². The van der Waals surface area contributed by atoms with E-state index in [2.05, 4.69) is 4.90 Å². The van der Waals surface area contributed by atoms with Crippen molar-refractivity contribution in [3.8, 4) is 5.75 Å². The first-order chi connectivity index (χ1) is 9.78. The van der Waals surface area contributed by atoms with Crippen LogP contribution >= 0.6 is 0 Å². The lowest BCUT2D eigenvalue weighted by Gasteiger charge is -2.26. The molecule has 0 heterocycles. The second kappa shape index (κ2) is 6.15. The molecular formula is C17H25NO2. The normalized spacial score (nSPS) is 20.1. The van der Waals surface area contributed by atoms with E-state index in [0.29, 0.717) is 12.6 Å². The monoisotopic (exact) mass is 275 g/mol. The van der Waals surface area contributed by atoms with Gasteiger partial charge in [0.05, 0.1) is 12.7 Å². The Labute approximate surface area is 121 Å². The smallest absolute Gasteiger partial charge is 0.125 e. The van der Waals surface area contributed by atoms with Crippen LogP contribution in [0.4, 0.5) is 0 Å². The van der Waals surface area contributed by atoms with Crippen LogP contribution in [0.15, 0.2) is 24.3 Å². The van der Waals surface area contributed by atoms with Gasteiger partial charge in [-0.25, -0.2) is 0 Å². The Kier molecular flexibility index (Phi) is 4.27. The van der Waals surface area contributed by atoms with Gasteiger partial charge in [-0.15, -0.1) is 0 Å². The lowest BCUT2D eigenvalue weighted by Crippen LogP contribution is -2.32. The van der Waals surface area contributed by atoms with E-state index >= 15 is 0 Å². The van der Waals surface area contributed by atoms with Crippen LogP contribution < -0.4 is 4.74 Å². The maximum absolute atomic E-state index is 10.6. The maximum atomic E-state index is 10.6. The Morgan fingerprint density at radius 1 is 1.25 bits per heavy atom. The van der Waals surface area contributed by atoms with Crippen molar-refractivity contribution in [3.63, 3.8) is 0 Å². The number of hydrogen-bond acceptors (Lipinski definition) is 3. The molecule has 0 saturated heterocycles. The molecule has 1 atom stereocenters. The Bertz CT molecular complexity index is 440. The standard InChI is InChI=1S/C17H25NO2/c1-2-20-17-6-4-3-5-15(17)16(19)12-18(14-9-10-14)11-13-7-8-13/h3-6,13-14,16,19H,2,7-12H2,1H3. The third-order valence-corrected chi connectivity index (χ3v) is 4.24. The van der Waals surface area contributed by atoms with Crippen LogP contribution in [0.2, 0.25) is 0 Å². The van der Waals surface area contributed by atoms with Crippen LogP contribution in [-0.2, 0) is 0 Å². The summed E-state index contributed by atoms with van der Waals surface area (Å²) in [5.74, 6) is 1.70. The van der Waals surface area contributed by atoms with Crippen LogP contribution in [0, 0.1) is 5.92 Å². The highest BCUT2D eigenvalue weighted by Gasteiger charge is 2.34. The maximum Gasteiger partial charge on any atom is 0.125 e. The van der Waals surface area contributed by atoms with Crippen molar-refractivity contribution in [1.29, 1.82) is 0 Å². The SMILES string of the molecule is CCOc1ccccc1C(O)CN(CC1CC1)C1CC1. The van der Waals surface area contributed by atoms with Gasteiger partial charge >= 0.3 is 0 Å². The number of nitrogens with zero attached hydrogens (tertiary/aromatic N) is 1. The quantitative estimate of drug-likeness (QED) is 0.791. The van der Waals surface area contributed by atoms with E-state index in [9.17, 15) is 5.11 Å². The summed E-state index contributed by atoms with van der Waals surface area (Å²) in [6.45, 7) is 4.52. The van der Waals surface area contributed by atoms with Gasteiger partial charge in [0, 0.05) is 24.7 Å². The molecule has 3 heteroatoms. The molecule has 0 bridgehead atoms. The van der Waals surface area contributed by atoms with E-state index in [4.69, 9.17) is 4.74 Å². The van der Waals surface area contributed by atoms with E-state index < -0.39 is 6.10 Å². The Hall–Kier alpha value is -1.06.